The van der Waals surface area contributed by atoms with E-state index in [1.165, 1.54) is 16.7 Å². The first-order valence-electron chi connectivity index (χ1n) is 6.69. The first-order chi connectivity index (χ1) is 9.41. The Bertz CT molecular complexity index is 557. The van der Waals surface area contributed by atoms with Crippen molar-refractivity contribution in [2.75, 3.05) is 26.7 Å². The smallest absolute Gasteiger partial charge is 0.246 e. The molecule has 1 saturated heterocycles. The van der Waals surface area contributed by atoms with Crippen LogP contribution in [0.2, 0.25) is 0 Å². The zero-order valence-corrected chi connectivity index (χ0v) is 12.8. The van der Waals surface area contributed by atoms with Crippen LogP contribution in [0.15, 0.2) is 17.3 Å². The Morgan fingerprint density at radius 3 is 2.95 bits per heavy atom. The Morgan fingerprint density at radius 2 is 2.30 bits per heavy atom. The van der Waals surface area contributed by atoms with Gasteiger partial charge in [0.2, 0.25) is 10.0 Å². The quantitative estimate of drug-likeness (QED) is 0.829. The maximum atomic E-state index is 12.6. The second-order valence-corrected chi connectivity index (χ2v) is 7.26. The van der Waals surface area contributed by atoms with Crippen molar-refractivity contribution >= 4 is 10.0 Å². The van der Waals surface area contributed by atoms with E-state index in [0.717, 1.165) is 12.8 Å². The molecule has 1 atom stereocenters. The molecule has 1 aliphatic rings. The molecule has 8 heteroatoms. The lowest BCUT2D eigenvalue weighted by Crippen LogP contribution is -2.49. The van der Waals surface area contributed by atoms with E-state index in [2.05, 4.69) is 5.10 Å². The number of sulfonamides is 1. The van der Waals surface area contributed by atoms with Crippen LogP contribution in [0.25, 0.3) is 0 Å². The number of nitrogens with two attached hydrogens (primary N) is 1. The Morgan fingerprint density at radius 1 is 1.55 bits per heavy atom. The van der Waals surface area contributed by atoms with Crippen molar-refractivity contribution in [2.24, 2.45) is 5.73 Å². The Kier molecular flexibility index (Phi) is 4.48. The van der Waals surface area contributed by atoms with Crippen LogP contribution >= 0.6 is 0 Å². The molecule has 2 heterocycles. The molecule has 2 rings (SSSR count). The van der Waals surface area contributed by atoms with Gasteiger partial charge in [0, 0.05) is 32.9 Å². The van der Waals surface area contributed by atoms with E-state index in [4.69, 9.17) is 10.5 Å². The first kappa shape index (κ1) is 15.4. The van der Waals surface area contributed by atoms with Gasteiger partial charge >= 0.3 is 0 Å². The molecule has 0 saturated carbocycles. The molecule has 0 aliphatic carbocycles. The largest absolute Gasteiger partial charge is 0.377 e. The normalized spacial score (nSPS) is 24.9. The Labute approximate surface area is 119 Å². The lowest BCUT2D eigenvalue weighted by atomic mass is 9.96. The lowest BCUT2D eigenvalue weighted by Gasteiger charge is -2.38. The van der Waals surface area contributed by atoms with E-state index in [1.807, 2.05) is 6.92 Å². The van der Waals surface area contributed by atoms with Crippen molar-refractivity contribution in [1.29, 1.82) is 0 Å². The SMILES string of the molecule is COC1(C)CCCN(S(=O)(=O)c2cnn(CCN)c2)C1. The molecule has 1 unspecified atom stereocenters. The molecule has 114 valence electrons. The van der Waals surface area contributed by atoms with Gasteiger partial charge in [-0.1, -0.05) is 0 Å². The second kappa shape index (κ2) is 5.80. The van der Waals surface area contributed by atoms with Crippen LogP contribution in [-0.2, 0) is 21.3 Å². The van der Waals surface area contributed by atoms with Gasteiger partial charge in [-0.05, 0) is 19.8 Å². The van der Waals surface area contributed by atoms with Gasteiger partial charge in [0.15, 0.2) is 0 Å². The van der Waals surface area contributed by atoms with Crippen molar-refractivity contribution in [2.45, 2.75) is 36.8 Å². The van der Waals surface area contributed by atoms with Crippen LogP contribution in [0.5, 0.6) is 0 Å². The second-order valence-electron chi connectivity index (χ2n) is 5.32. The number of aromatic nitrogens is 2. The highest BCUT2D eigenvalue weighted by atomic mass is 32.2. The molecule has 1 fully saturated rings. The summed E-state index contributed by atoms with van der Waals surface area (Å²) < 4.78 is 33.7. The lowest BCUT2D eigenvalue weighted by molar-refractivity contribution is -0.0319. The van der Waals surface area contributed by atoms with Crippen LogP contribution in [0.3, 0.4) is 0 Å². The van der Waals surface area contributed by atoms with Gasteiger partial charge in [-0.2, -0.15) is 9.40 Å². The summed E-state index contributed by atoms with van der Waals surface area (Å²) in [7, 11) is -1.89. The van der Waals surface area contributed by atoms with Crippen LogP contribution in [0.1, 0.15) is 19.8 Å². The third-order valence-corrected chi connectivity index (χ3v) is 5.52. The zero-order chi connectivity index (χ0) is 14.8. The van der Waals surface area contributed by atoms with Crippen molar-refractivity contribution in [3.8, 4) is 0 Å². The molecule has 0 amide bonds. The van der Waals surface area contributed by atoms with E-state index in [-0.39, 0.29) is 4.90 Å². The average Bonchev–Trinajstić information content (AvgIpc) is 2.89. The fourth-order valence-corrected chi connectivity index (χ4v) is 3.96. The maximum Gasteiger partial charge on any atom is 0.246 e. The van der Waals surface area contributed by atoms with Crippen LogP contribution in [0.4, 0.5) is 0 Å². The molecule has 1 aliphatic heterocycles. The molecule has 1 aromatic heterocycles. The van der Waals surface area contributed by atoms with Gasteiger partial charge in [0.25, 0.3) is 0 Å². The molecule has 0 aromatic carbocycles. The molecular formula is C12H22N4O3S. The molecule has 0 spiro atoms. The van der Waals surface area contributed by atoms with E-state index in [0.29, 0.717) is 26.2 Å². The summed E-state index contributed by atoms with van der Waals surface area (Å²) in [6, 6.07) is 0. The van der Waals surface area contributed by atoms with Crippen molar-refractivity contribution in [1.82, 2.24) is 14.1 Å². The highest BCUT2D eigenvalue weighted by Gasteiger charge is 2.37. The summed E-state index contributed by atoms with van der Waals surface area (Å²) in [6.45, 7) is 3.75. The molecular weight excluding hydrogens is 280 g/mol. The van der Waals surface area contributed by atoms with Gasteiger partial charge in [0.05, 0.1) is 18.3 Å². The minimum Gasteiger partial charge on any atom is -0.377 e. The van der Waals surface area contributed by atoms with Gasteiger partial charge in [-0.25, -0.2) is 8.42 Å². The number of ether oxygens (including phenoxy) is 1. The van der Waals surface area contributed by atoms with Crippen molar-refractivity contribution < 1.29 is 13.2 Å². The fourth-order valence-electron chi connectivity index (χ4n) is 2.41. The van der Waals surface area contributed by atoms with Crippen LogP contribution in [0, 0.1) is 0 Å². The number of piperidine rings is 1. The number of rotatable bonds is 5. The number of hydrogen-bond acceptors (Lipinski definition) is 5. The maximum absolute atomic E-state index is 12.6. The molecule has 7 nitrogen and oxygen atoms in total. The number of hydrogen-bond donors (Lipinski definition) is 1. The Hall–Kier alpha value is -0.960. The van der Waals surface area contributed by atoms with Gasteiger partial charge in [0.1, 0.15) is 4.90 Å². The fraction of sp³-hybridized carbons (Fsp3) is 0.750. The number of nitrogens with zero attached hydrogens (tertiary/aromatic N) is 3. The Balaban J connectivity index is 2.20. The minimum absolute atomic E-state index is 0.214. The third-order valence-electron chi connectivity index (χ3n) is 3.72. The monoisotopic (exact) mass is 302 g/mol. The summed E-state index contributed by atoms with van der Waals surface area (Å²) in [5.74, 6) is 0. The van der Waals surface area contributed by atoms with Crippen molar-refractivity contribution in [3.05, 3.63) is 12.4 Å². The van der Waals surface area contributed by atoms with E-state index < -0.39 is 15.6 Å². The van der Waals surface area contributed by atoms with Gasteiger partial charge in [-0.3, -0.25) is 4.68 Å². The first-order valence-corrected chi connectivity index (χ1v) is 8.13. The number of methoxy groups -OCH3 is 1. The molecule has 0 bridgehead atoms. The summed E-state index contributed by atoms with van der Waals surface area (Å²) in [5, 5.41) is 4.02. The molecule has 20 heavy (non-hydrogen) atoms. The highest BCUT2D eigenvalue weighted by molar-refractivity contribution is 7.89. The van der Waals surface area contributed by atoms with Crippen molar-refractivity contribution in [3.63, 3.8) is 0 Å². The topological polar surface area (TPSA) is 90.5 Å². The van der Waals surface area contributed by atoms with Crippen LogP contribution in [-0.4, -0.2) is 54.8 Å². The predicted octanol–water partition coefficient (Wildman–Crippen LogP) is 0.0314. The molecule has 0 radical (unpaired) electrons. The van der Waals surface area contributed by atoms with E-state index >= 15 is 0 Å². The summed E-state index contributed by atoms with van der Waals surface area (Å²) in [5.41, 5.74) is 5.02. The molecule has 1 aromatic rings. The standard InChI is InChI=1S/C12H22N4O3S/c1-12(19-2)4-3-6-16(10-12)20(17,18)11-8-14-15(9-11)7-5-13/h8-9H,3-7,10,13H2,1-2H3. The van der Waals surface area contributed by atoms with E-state index in [1.54, 1.807) is 11.8 Å². The predicted molar refractivity (Wildman–Crippen MR) is 74.7 cm³/mol. The van der Waals surface area contributed by atoms with E-state index in [9.17, 15) is 8.42 Å². The highest BCUT2D eigenvalue weighted by Crippen LogP contribution is 2.28. The average molecular weight is 302 g/mol. The van der Waals surface area contributed by atoms with Gasteiger partial charge < -0.3 is 10.5 Å². The summed E-state index contributed by atoms with van der Waals surface area (Å²) in [6.07, 6.45) is 4.56. The summed E-state index contributed by atoms with van der Waals surface area (Å²) >= 11 is 0. The molecule has 2 N–H and O–H groups in total. The minimum atomic E-state index is -3.51. The van der Waals surface area contributed by atoms with Gasteiger partial charge in [-0.15, -0.1) is 0 Å². The van der Waals surface area contributed by atoms with Crippen LogP contribution < -0.4 is 5.73 Å². The zero-order valence-electron chi connectivity index (χ0n) is 11.9. The summed E-state index contributed by atoms with van der Waals surface area (Å²) in [4.78, 5) is 0.214. The third kappa shape index (κ3) is 3.03.